The van der Waals surface area contributed by atoms with Crippen LogP contribution in [0, 0.1) is 12.3 Å². The lowest BCUT2D eigenvalue weighted by Crippen LogP contribution is -2.53. The van der Waals surface area contributed by atoms with Crippen molar-refractivity contribution in [3.05, 3.63) is 0 Å². The van der Waals surface area contributed by atoms with Crippen LogP contribution in [0.15, 0.2) is 0 Å². The first kappa shape index (κ1) is 12.4. The van der Waals surface area contributed by atoms with Crippen LogP contribution in [0.4, 0.5) is 0 Å². The van der Waals surface area contributed by atoms with Gasteiger partial charge in [-0.2, -0.15) is 11.8 Å². The van der Waals surface area contributed by atoms with Crippen molar-refractivity contribution in [3.8, 4) is 12.3 Å². The van der Waals surface area contributed by atoms with E-state index in [1.807, 2.05) is 16.7 Å². The molecule has 0 radical (unpaired) electrons. The number of amides is 1. The third-order valence-electron chi connectivity index (χ3n) is 2.82. The van der Waals surface area contributed by atoms with Gasteiger partial charge in [-0.25, -0.2) is 0 Å². The van der Waals surface area contributed by atoms with Gasteiger partial charge in [0, 0.05) is 30.0 Å². The van der Waals surface area contributed by atoms with E-state index in [4.69, 9.17) is 12.2 Å². The minimum atomic E-state index is -0.534. The Balaban J connectivity index is 2.62. The van der Waals surface area contributed by atoms with Crippen LogP contribution in [0.25, 0.3) is 0 Å². The lowest BCUT2D eigenvalue weighted by atomic mass is 10.1. The fraction of sp³-hybridized carbons (Fsp3) is 0.727. The standard InChI is InChI=1S/C11H18N2OS/c1-4-5-10(12)11(14)13-6-7-15-9(3)8(13)2/h1,8-10H,5-7,12H2,2-3H3. The third-order valence-corrected chi connectivity index (χ3v) is 4.16. The lowest BCUT2D eigenvalue weighted by Gasteiger charge is -2.38. The summed E-state index contributed by atoms with van der Waals surface area (Å²) in [6.07, 6.45) is 5.48. The van der Waals surface area contributed by atoms with Crippen LogP contribution in [-0.2, 0) is 4.79 Å². The smallest absolute Gasteiger partial charge is 0.240 e. The SMILES string of the molecule is C#CCC(N)C(=O)N1CCSC(C)C1C. The maximum atomic E-state index is 11.9. The summed E-state index contributed by atoms with van der Waals surface area (Å²) in [5.74, 6) is 3.42. The van der Waals surface area contributed by atoms with Gasteiger partial charge in [-0.3, -0.25) is 4.79 Å². The molecule has 0 spiro atoms. The Morgan fingerprint density at radius 3 is 3.00 bits per heavy atom. The molecule has 1 fully saturated rings. The number of carbonyl (C=O) groups excluding carboxylic acids is 1. The highest BCUT2D eigenvalue weighted by atomic mass is 32.2. The van der Waals surface area contributed by atoms with Crippen molar-refractivity contribution in [1.29, 1.82) is 0 Å². The molecule has 2 N–H and O–H groups in total. The molecular weight excluding hydrogens is 208 g/mol. The molecule has 84 valence electrons. The summed E-state index contributed by atoms with van der Waals surface area (Å²) in [7, 11) is 0. The normalized spacial score (nSPS) is 28.3. The molecule has 0 aromatic carbocycles. The molecule has 1 amide bonds. The molecule has 1 aliphatic heterocycles. The Morgan fingerprint density at radius 2 is 2.40 bits per heavy atom. The van der Waals surface area contributed by atoms with Gasteiger partial charge in [0.2, 0.25) is 5.91 Å². The molecular formula is C11H18N2OS. The van der Waals surface area contributed by atoms with E-state index in [0.29, 0.717) is 11.7 Å². The number of rotatable bonds is 2. The highest BCUT2D eigenvalue weighted by Crippen LogP contribution is 2.24. The summed E-state index contributed by atoms with van der Waals surface area (Å²) in [5, 5.41) is 0.473. The molecule has 1 saturated heterocycles. The molecule has 3 nitrogen and oxygen atoms in total. The second kappa shape index (κ2) is 5.43. The first-order valence-electron chi connectivity index (χ1n) is 5.19. The first-order valence-corrected chi connectivity index (χ1v) is 6.24. The number of thioether (sulfide) groups is 1. The minimum Gasteiger partial charge on any atom is -0.337 e. The van der Waals surface area contributed by atoms with Gasteiger partial charge >= 0.3 is 0 Å². The van der Waals surface area contributed by atoms with Crippen molar-refractivity contribution in [2.24, 2.45) is 5.73 Å². The predicted molar refractivity (Wildman–Crippen MR) is 64.5 cm³/mol. The summed E-state index contributed by atoms with van der Waals surface area (Å²) in [6, 6.07) is -0.284. The van der Waals surface area contributed by atoms with Gasteiger partial charge in [-0.05, 0) is 6.92 Å². The molecule has 0 aromatic heterocycles. The predicted octanol–water partition coefficient (Wildman–Crippen LogP) is 0.689. The Labute approximate surface area is 95.8 Å². The largest absolute Gasteiger partial charge is 0.337 e. The van der Waals surface area contributed by atoms with Crippen LogP contribution >= 0.6 is 11.8 Å². The van der Waals surface area contributed by atoms with Crippen LogP contribution in [0.3, 0.4) is 0 Å². The van der Waals surface area contributed by atoms with Gasteiger partial charge in [0.1, 0.15) is 0 Å². The van der Waals surface area contributed by atoms with Crippen molar-refractivity contribution in [3.63, 3.8) is 0 Å². The molecule has 3 atom stereocenters. The van der Waals surface area contributed by atoms with E-state index in [-0.39, 0.29) is 11.9 Å². The van der Waals surface area contributed by atoms with E-state index >= 15 is 0 Å². The van der Waals surface area contributed by atoms with Gasteiger partial charge in [-0.15, -0.1) is 12.3 Å². The van der Waals surface area contributed by atoms with Gasteiger partial charge in [0.05, 0.1) is 6.04 Å². The van der Waals surface area contributed by atoms with Crippen molar-refractivity contribution in [2.75, 3.05) is 12.3 Å². The zero-order valence-electron chi connectivity index (χ0n) is 9.27. The van der Waals surface area contributed by atoms with Crippen LogP contribution in [0.2, 0.25) is 0 Å². The second-order valence-electron chi connectivity index (χ2n) is 3.86. The monoisotopic (exact) mass is 226 g/mol. The summed E-state index contributed by atoms with van der Waals surface area (Å²) in [5.41, 5.74) is 5.73. The maximum absolute atomic E-state index is 11.9. The number of nitrogens with two attached hydrogens (primary N) is 1. The Morgan fingerprint density at radius 1 is 1.73 bits per heavy atom. The van der Waals surface area contributed by atoms with Gasteiger partial charge in [-0.1, -0.05) is 6.92 Å². The molecule has 0 saturated carbocycles. The summed E-state index contributed by atoms with van der Waals surface area (Å²) >= 11 is 1.90. The van der Waals surface area contributed by atoms with Crippen LogP contribution in [-0.4, -0.2) is 40.4 Å². The van der Waals surface area contributed by atoms with Gasteiger partial charge in [0.25, 0.3) is 0 Å². The van der Waals surface area contributed by atoms with E-state index < -0.39 is 6.04 Å². The van der Waals surface area contributed by atoms with Gasteiger partial charge < -0.3 is 10.6 Å². The average molecular weight is 226 g/mol. The zero-order valence-corrected chi connectivity index (χ0v) is 10.1. The van der Waals surface area contributed by atoms with E-state index in [0.717, 1.165) is 12.3 Å². The van der Waals surface area contributed by atoms with Crippen LogP contribution in [0.1, 0.15) is 20.3 Å². The lowest BCUT2D eigenvalue weighted by molar-refractivity contribution is -0.134. The number of hydrogen-bond donors (Lipinski definition) is 1. The molecule has 4 heteroatoms. The van der Waals surface area contributed by atoms with Crippen LogP contribution in [0.5, 0.6) is 0 Å². The zero-order chi connectivity index (χ0) is 11.4. The minimum absolute atomic E-state index is 0.00685. The van der Waals surface area contributed by atoms with E-state index in [9.17, 15) is 4.79 Å². The Bertz CT molecular complexity index is 274. The maximum Gasteiger partial charge on any atom is 0.240 e. The topological polar surface area (TPSA) is 46.3 Å². The summed E-state index contributed by atoms with van der Waals surface area (Å²) < 4.78 is 0. The van der Waals surface area contributed by atoms with Crippen molar-refractivity contribution >= 4 is 17.7 Å². The molecule has 3 unspecified atom stereocenters. The van der Waals surface area contributed by atoms with Gasteiger partial charge in [0.15, 0.2) is 0 Å². The number of nitrogens with zero attached hydrogens (tertiary/aromatic N) is 1. The molecule has 0 aliphatic carbocycles. The highest BCUT2D eigenvalue weighted by molar-refractivity contribution is 8.00. The Hall–Kier alpha value is -0.660. The highest BCUT2D eigenvalue weighted by Gasteiger charge is 2.31. The van der Waals surface area contributed by atoms with E-state index in [2.05, 4.69) is 19.8 Å². The Kier molecular flexibility index (Phi) is 4.49. The molecule has 1 rings (SSSR count). The quantitative estimate of drug-likeness (QED) is 0.705. The van der Waals surface area contributed by atoms with Crippen LogP contribution < -0.4 is 5.73 Å². The molecule has 1 heterocycles. The molecule has 15 heavy (non-hydrogen) atoms. The third kappa shape index (κ3) is 2.90. The molecule has 1 aliphatic rings. The molecule has 0 bridgehead atoms. The van der Waals surface area contributed by atoms with E-state index in [1.54, 1.807) is 0 Å². The molecule has 0 aromatic rings. The van der Waals surface area contributed by atoms with E-state index in [1.165, 1.54) is 0 Å². The first-order chi connectivity index (χ1) is 7.07. The second-order valence-corrected chi connectivity index (χ2v) is 5.35. The van der Waals surface area contributed by atoms with Crippen molar-refractivity contribution in [2.45, 2.75) is 37.6 Å². The average Bonchev–Trinajstić information content (AvgIpc) is 2.21. The number of hydrogen-bond acceptors (Lipinski definition) is 3. The summed E-state index contributed by atoms with van der Waals surface area (Å²) in [4.78, 5) is 13.8. The van der Waals surface area contributed by atoms with Crippen molar-refractivity contribution in [1.82, 2.24) is 4.90 Å². The fourth-order valence-corrected chi connectivity index (χ4v) is 2.77. The summed E-state index contributed by atoms with van der Waals surface area (Å²) in [6.45, 7) is 4.99. The number of carbonyl (C=O) groups is 1. The number of terminal acetylenes is 1. The fourth-order valence-electron chi connectivity index (χ4n) is 1.67. The van der Waals surface area contributed by atoms with Crippen molar-refractivity contribution < 1.29 is 4.79 Å².